The number of nitrogen functional groups attached to an aromatic ring is 1. The van der Waals surface area contributed by atoms with Gasteiger partial charge in [0.25, 0.3) is 10.0 Å². The Morgan fingerprint density at radius 3 is 2.30 bits per heavy atom. The lowest BCUT2D eigenvalue weighted by molar-refractivity contribution is -0.192. The Hall–Kier alpha value is -3.39. The van der Waals surface area contributed by atoms with Crippen LogP contribution in [0.1, 0.15) is 11.3 Å². The van der Waals surface area contributed by atoms with E-state index >= 15 is 0 Å². The van der Waals surface area contributed by atoms with E-state index in [2.05, 4.69) is 14.7 Å². The summed E-state index contributed by atoms with van der Waals surface area (Å²) in [6.45, 7) is 3.59. The van der Waals surface area contributed by atoms with Crippen molar-refractivity contribution in [2.24, 2.45) is 0 Å². The van der Waals surface area contributed by atoms with Crippen molar-refractivity contribution in [1.29, 1.82) is 0 Å². The van der Waals surface area contributed by atoms with Crippen LogP contribution in [0.2, 0.25) is 0 Å². The number of thiazole rings is 1. The van der Waals surface area contributed by atoms with Crippen LogP contribution in [0, 0.1) is 13.8 Å². The molecule has 14 heteroatoms. The average molecular weight is 505 g/mol. The van der Waals surface area contributed by atoms with Crippen molar-refractivity contribution >= 4 is 38.1 Å². The third kappa shape index (κ3) is 6.79. The summed E-state index contributed by atoms with van der Waals surface area (Å²) in [5.74, 6) is -2.35. The highest BCUT2D eigenvalue weighted by Gasteiger charge is 2.38. The first-order valence-electron chi connectivity index (χ1n) is 8.91. The number of aliphatic carboxylic acids is 1. The molecule has 0 fully saturated rings. The number of anilines is 2. The van der Waals surface area contributed by atoms with Gasteiger partial charge in [-0.3, -0.25) is 4.72 Å². The van der Waals surface area contributed by atoms with Gasteiger partial charge in [0, 0.05) is 6.07 Å². The molecule has 0 aliphatic heterocycles. The predicted octanol–water partition coefficient (Wildman–Crippen LogP) is 3.85. The fourth-order valence-electron chi connectivity index (χ4n) is 2.49. The molecule has 3 rings (SSSR count). The molecule has 0 unspecified atom stereocenters. The molecule has 9 nitrogen and oxygen atoms in total. The molecule has 0 aliphatic carbocycles. The minimum Gasteiger partial charge on any atom is -0.481 e. The topological polar surface area (TPSA) is 144 Å². The molecule has 33 heavy (non-hydrogen) atoms. The lowest BCUT2D eigenvalue weighted by Gasteiger charge is -2.12. The third-order valence-corrected chi connectivity index (χ3v) is 6.55. The number of aryl methyl sites for hydroxylation is 2. The van der Waals surface area contributed by atoms with E-state index < -0.39 is 22.2 Å². The summed E-state index contributed by atoms with van der Waals surface area (Å²) in [6.07, 6.45) is -3.68. The molecule has 0 bridgehead atoms. The SMILES string of the molecule is COc1ccc(NS(=O)(=O)c2cc(-c3sc(N)nc3C)ccc2C)cn1.O=C(O)C(F)(F)F. The van der Waals surface area contributed by atoms with Gasteiger partial charge in [0.2, 0.25) is 5.88 Å². The van der Waals surface area contributed by atoms with Crippen molar-refractivity contribution in [1.82, 2.24) is 9.97 Å². The third-order valence-electron chi connectivity index (χ3n) is 3.99. The summed E-state index contributed by atoms with van der Waals surface area (Å²) in [6, 6.07) is 8.45. The van der Waals surface area contributed by atoms with Crippen LogP contribution in [0.25, 0.3) is 10.4 Å². The van der Waals surface area contributed by atoms with Crippen molar-refractivity contribution in [2.45, 2.75) is 24.9 Å². The van der Waals surface area contributed by atoms with Crippen molar-refractivity contribution in [3.05, 3.63) is 47.8 Å². The van der Waals surface area contributed by atoms with Gasteiger partial charge in [-0.2, -0.15) is 13.2 Å². The number of methoxy groups -OCH3 is 1. The fourth-order valence-corrected chi connectivity index (χ4v) is 4.63. The van der Waals surface area contributed by atoms with Gasteiger partial charge in [0.1, 0.15) is 0 Å². The smallest absolute Gasteiger partial charge is 0.481 e. The van der Waals surface area contributed by atoms with Gasteiger partial charge in [0.15, 0.2) is 5.13 Å². The highest BCUT2D eigenvalue weighted by atomic mass is 32.2. The largest absolute Gasteiger partial charge is 0.490 e. The number of rotatable bonds is 5. The molecular weight excluding hydrogens is 485 g/mol. The van der Waals surface area contributed by atoms with Crippen LogP contribution in [-0.4, -0.2) is 42.7 Å². The number of nitrogens with two attached hydrogens (primary N) is 1. The lowest BCUT2D eigenvalue weighted by Crippen LogP contribution is -2.21. The Morgan fingerprint density at radius 2 is 1.85 bits per heavy atom. The number of carbonyl (C=O) groups is 1. The van der Waals surface area contributed by atoms with Crippen LogP contribution < -0.4 is 15.2 Å². The number of nitrogens with one attached hydrogen (secondary N) is 1. The number of aromatic nitrogens is 2. The van der Waals surface area contributed by atoms with E-state index in [0.717, 1.165) is 16.1 Å². The highest BCUT2D eigenvalue weighted by molar-refractivity contribution is 7.92. The predicted molar refractivity (Wildman–Crippen MR) is 117 cm³/mol. The molecule has 178 valence electrons. The maximum absolute atomic E-state index is 12.8. The van der Waals surface area contributed by atoms with Crippen molar-refractivity contribution in [2.75, 3.05) is 17.6 Å². The van der Waals surface area contributed by atoms with E-state index in [9.17, 15) is 21.6 Å². The number of sulfonamides is 1. The van der Waals surface area contributed by atoms with Gasteiger partial charge in [-0.05, 0) is 37.1 Å². The van der Waals surface area contributed by atoms with Gasteiger partial charge in [-0.25, -0.2) is 23.2 Å². The number of nitrogens with zero attached hydrogens (tertiary/aromatic N) is 2. The Balaban J connectivity index is 0.000000479. The molecule has 0 radical (unpaired) electrons. The molecule has 0 spiro atoms. The summed E-state index contributed by atoms with van der Waals surface area (Å²) in [5, 5.41) is 7.57. The number of hydrogen-bond acceptors (Lipinski definition) is 8. The molecule has 2 aromatic heterocycles. The number of pyridine rings is 1. The molecule has 0 amide bonds. The maximum Gasteiger partial charge on any atom is 0.490 e. The Bertz CT molecular complexity index is 1240. The van der Waals surface area contributed by atoms with Gasteiger partial charge in [0.05, 0.1) is 34.5 Å². The van der Waals surface area contributed by atoms with Crippen LogP contribution in [0.4, 0.5) is 24.0 Å². The molecule has 1 aromatic carbocycles. The normalized spacial score (nSPS) is 11.3. The number of benzene rings is 1. The second kappa shape index (κ2) is 10.0. The first kappa shape index (κ1) is 25.9. The Morgan fingerprint density at radius 1 is 1.21 bits per heavy atom. The van der Waals surface area contributed by atoms with E-state index in [1.165, 1.54) is 24.6 Å². The number of hydrogen-bond donors (Lipinski definition) is 3. The van der Waals surface area contributed by atoms with E-state index in [-0.39, 0.29) is 4.90 Å². The van der Waals surface area contributed by atoms with Crippen LogP contribution >= 0.6 is 11.3 Å². The molecular formula is C19H19F3N4O5S2. The van der Waals surface area contributed by atoms with E-state index in [1.807, 2.05) is 13.0 Å². The molecule has 0 aliphatic rings. The summed E-state index contributed by atoms with van der Waals surface area (Å²) in [5.41, 5.74) is 8.28. The average Bonchev–Trinajstić information content (AvgIpc) is 3.06. The second-order valence-electron chi connectivity index (χ2n) is 6.44. The maximum atomic E-state index is 12.8. The van der Waals surface area contributed by atoms with Crippen LogP contribution in [-0.2, 0) is 14.8 Å². The zero-order chi connectivity index (χ0) is 25.0. The van der Waals surface area contributed by atoms with Crippen molar-refractivity contribution in [3.63, 3.8) is 0 Å². The number of carboxylic acid groups (broad SMARTS) is 1. The lowest BCUT2D eigenvalue weighted by atomic mass is 10.1. The summed E-state index contributed by atoms with van der Waals surface area (Å²) in [7, 11) is -2.28. The summed E-state index contributed by atoms with van der Waals surface area (Å²) in [4.78, 5) is 18.1. The van der Waals surface area contributed by atoms with Crippen molar-refractivity contribution in [3.8, 4) is 16.3 Å². The van der Waals surface area contributed by atoms with Gasteiger partial charge < -0.3 is 15.6 Å². The zero-order valence-corrected chi connectivity index (χ0v) is 19.1. The standard InChI is InChI=1S/C17H18N4O3S2.C2HF3O2/c1-10-4-5-12(16-11(2)20-17(18)25-16)8-14(10)26(22,23)21-13-6-7-15(24-3)19-9-13;3-2(4,5)1(6)7/h4-9,21H,1-3H3,(H2,18,20);(H,6,7). The van der Waals surface area contributed by atoms with Crippen LogP contribution in [0.5, 0.6) is 5.88 Å². The Labute approximate surface area is 191 Å². The minimum absolute atomic E-state index is 0.192. The second-order valence-corrected chi connectivity index (χ2v) is 9.13. The number of ether oxygens (including phenoxy) is 1. The van der Waals surface area contributed by atoms with E-state index in [0.29, 0.717) is 22.3 Å². The molecule has 4 N–H and O–H groups in total. The molecule has 2 heterocycles. The Kier molecular flexibility index (Phi) is 7.87. The number of alkyl halides is 3. The van der Waals surface area contributed by atoms with Crippen LogP contribution in [0.15, 0.2) is 41.4 Å². The first-order valence-corrected chi connectivity index (χ1v) is 11.2. The fraction of sp³-hybridized carbons (Fsp3) is 0.211. The highest BCUT2D eigenvalue weighted by Crippen LogP contribution is 2.33. The summed E-state index contributed by atoms with van der Waals surface area (Å²) < 4.78 is 64.9. The van der Waals surface area contributed by atoms with E-state index in [1.54, 1.807) is 31.2 Å². The summed E-state index contributed by atoms with van der Waals surface area (Å²) >= 11 is 1.33. The molecule has 3 aromatic rings. The first-order chi connectivity index (χ1) is 15.2. The quantitative estimate of drug-likeness (QED) is 0.475. The molecule has 0 atom stereocenters. The molecule has 0 saturated heterocycles. The van der Waals surface area contributed by atoms with Crippen molar-refractivity contribution < 1.29 is 36.2 Å². The van der Waals surface area contributed by atoms with E-state index in [4.69, 9.17) is 20.4 Å². The van der Waals surface area contributed by atoms with Gasteiger partial charge in [-0.15, -0.1) is 0 Å². The molecule has 0 saturated carbocycles. The van der Waals surface area contributed by atoms with Gasteiger partial charge >= 0.3 is 12.1 Å². The number of carboxylic acids is 1. The van der Waals surface area contributed by atoms with Gasteiger partial charge in [-0.1, -0.05) is 23.5 Å². The monoisotopic (exact) mass is 504 g/mol. The zero-order valence-electron chi connectivity index (χ0n) is 17.5. The minimum atomic E-state index is -5.08. The number of halogens is 3. The van der Waals surface area contributed by atoms with Crippen LogP contribution in [0.3, 0.4) is 0 Å².